The Bertz CT molecular complexity index is 1040. The molecule has 182 valence electrons. The summed E-state index contributed by atoms with van der Waals surface area (Å²) in [5.41, 5.74) is 0.514. The van der Waals surface area contributed by atoms with E-state index in [0.717, 1.165) is 17.8 Å². The van der Waals surface area contributed by atoms with Crippen LogP contribution in [0, 0.1) is 0 Å². The zero-order valence-corrected chi connectivity index (χ0v) is 18.5. The van der Waals surface area contributed by atoms with Crippen molar-refractivity contribution in [1.82, 2.24) is 5.32 Å². The number of hydrogen-bond acceptors (Lipinski definition) is 6. The lowest BCUT2D eigenvalue weighted by Crippen LogP contribution is -2.44. The molecule has 4 rings (SSSR count). The van der Waals surface area contributed by atoms with Crippen molar-refractivity contribution >= 4 is 23.4 Å². The molecule has 34 heavy (non-hydrogen) atoms. The van der Waals surface area contributed by atoms with Crippen LogP contribution in [0.1, 0.15) is 15.9 Å². The highest BCUT2D eigenvalue weighted by Crippen LogP contribution is 2.32. The van der Waals surface area contributed by atoms with Crippen LogP contribution >= 0.6 is 0 Å². The van der Waals surface area contributed by atoms with Crippen molar-refractivity contribution in [3.8, 4) is 0 Å². The minimum atomic E-state index is -4.53. The van der Waals surface area contributed by atoms with Gasteiger partial charge in [0.05, 0.1) is 24.8 Å². The Balaban J connectivity index is 1.31. The number of fused-ring (bicyclic) bond motifs is 1. The maximum absolute atomic E-state index is 12.9. The van der Waals surface area contributed by atoms with E-state index in [1.165, 1.54) is 12.1 Å². The molecule has 2 aromatic carbocycles. The maximum Gasteiger partial charge on any atom is 0.416 e. The predicted octanol–water partition coefficient (Wildman–Crippen LogP) is 3.28. The van der Waals surface area contributed by atoms with Gasteiger partial charge in [-0.2, -0.15) is 13.2 Å². The molecular formula is C23H24F3N3O5. The van der Waals surface area contributed by atoms with Crippen molar-refractivity contribution in [2.45, 2.75) is 30.5 Å². The van der Waals surface area contributed by atoms with Crippen LogP contribution in [0.2, 0.25) is 0 Å². The summed E-state index contributed by atoms with van der Waals surface area (Å²) in [6.45, 7) is 0.210. The summed E-state index contributed by atoms with van der Waals surface area (Å²) in [4.78, 5) is 26.8. The lowest BCUT2D eigenvalue weighted by molar-refractivity contribution is -0.137. The summed E-state index contributed by atoms with van der Waals surface area (Å²) in [5, 5.41) is 5.18. The smallest absolute Gasteiger partial charge is 0.416 e. The number of nitrogens with one attached hydrogen (secondary N) is 2. The second kappa shape index (κ2) is 9.51. The molecule has 2 amide bonds. The van der Waals surface area contributed by atoms with Gasteiger partial charge in [-0.05, 0) is 42.5 Å². The molecule has 4 unspecified atom stereocenters. The highest BCUT2D eigenvalue weighted by molar-refractivity contribution is 5.94. The van der Waals surface area contributed by atoms with Gasteiger partial charge in [-0.15, -0.1) is 0 Å². The van der Waals surface area contributed by atoms with Gasteiger partial charge in [0.25, 0.3) is 5.91 Å². The molecule has 11 heteroatoms. The molecule has 8 nitrogen and oxygen atoms in total. The highest BCUT2D eigenvalue weighted by atomic mass is 19.4. The van der Waals surface area contributed by atoms with Crippen LogP contribution in [0.4, 0.5) is 29.3 Å². The zero-order chi connectivity index (χ0) is 24.5. The van der Waals surface area contributed by atoms with E-state index < -0.39 is 42.2 Å². The van der Waals surface area contributed by atoms with Gasteiger partial charge in [0, 0.05) is 31.0 Å². The van der Waals surface area contributed by atoms with Crippen LogP contribution in [0.5, 0.6) is 0 Å². The number of alkyl halides is 3. The SMILES string of the molecule is CN(C)c1ccc(C(=O)NC2COC3C(OC(=O)Nc4cccc(C(F)(F)F)c4)COC23)cc1. The molecule has 2 aliphatic rings. The molecule has 2 aromatic rings. The number of benzene rings is 2. The normalized spacial score (nSPS) is 23.8. The van der Waals surface area contributed by atoms with Crippen LogP contribution in [0.25, 0.3) is 0 Å². The fraction of sp³-hybridized carbons (Fsp3) is 0.391. The van der Waals surface area contributed by atoms with Gasteiger partial charge < -0.3 is 24.4 Å². The molecule has 4 atom stereocenters. The number of ether oxygens (including phenoxy) is 3. The monoisotopic (exact) mass is 479 g/mol. The van der Waals surface area contributed by atoms with E-state index in [4.69, 9.17) is 14.2 Å². The molecule has 0 aliphatic carbocycles. The number of rotatable bonds is 5. The zero-order valence-electron chi connectivity index (χ0n) is 18.5. The summed E-state index contributed by atoms with van der Waals surface area (Å²) in [6, 6.07) is 10.9. The fourth-order valence-corrected chi connectivity index (χ4v) is 3.91. The molecule has 0 saturated carbocycles. The number of amides is 2. The van der Waals surface area contributed by atoms with Crippen molar-refractivity contribution in [2.75, 3.05) is 37.5 Å². The Morgan fingerprint density at radius 1 is 1.03 bits per heavy atom. The molecular weight excluding hydrogens is 455 g/mol. The standard InChI is InChI=1S/C23H24F3N3O5/c1-29(2)16-8-6-13(7-9-16)21(30)28-17-11-32-20-18(12-33-19(17)20)34-22(31)27-15-5-3-4-14(10-15)23(24,25)26/h3-10,17-20H,11-12H2,1-2H3,(H,27,31)(H,28,30). The lowest BCUT2D eigenvalue weighted by Gasteiger charge is -2.18. The summed E-state index contributed by atoms with van der Waals surface area (Å²) in [6.07, 6.45) is -7.34. The van der Waals surface area contributed by atoms with Crippen molar-refractivity contribution in [1.29, 1.82) is 0 Å². The van der Waals surface area contributed by atoms with E-state index in [-0.39, 0.29) is 24.8 Å². The molecule has 0 aromatic heterocycles. The largest absolute Gasteiger partial charge is 0.441 e. The van der Waals surface area contributed by atoms with E-state index in [1.54, 1.807) is 12.1 Å². The topological polar surface area (TPSA) is 89.1 Å². The molecule has 2 saturated heterocycles. The first-order valence-corrected chi connectivity index (χ1v) is 10.6. The quantitative estimate of drug-likeness (QED) is 0.685. The van der Waals surface area contributed by atoms with Gasteiger partial charge in [-0.1, -0.05) is 6.07 Å². The Labute approximate surface area is 194 Å². The summed E-state index contributed by atoms with van der Waals surface area (Å²) < 4.78 is 55.3. The number of halogens is 3. The fourth-order valence-electron chi connectivity index (χ4n) is 3.91. The van der Waals surface area contributed by atoms with Crippen LogP contribution in [-0.2, 0) is 20.4 Å². The van der Waals surface area contributed by atoms with Crippen molar-refractivity contribution in [2.24, 2.45) is 0 Å². The second-order valence-corrected chi connectivity index (χ2v) is 8.26. The summed E-state index contributed by atoms with van der Waals surface area (Å²) >= 11 is 0. The van der Waals surface area contributed by atoms with Crippen molar-refractivity contribution < 1.29 is 37.0 Å². The number of carbonyl (C=O) groups excluding carboxylic acids is 2. The number of hydrogen-bond donors (Lipinski definition) is 2. The maximum atomic E-state index is 12.9. The van der Waals surface area contributed by atoms with E-state index in [9.17, 15) is 22.8 Å². The van der Waals surface area contributed by atoms with Crippen LogP contribution in [-0.4, -0.2) is 63.7 Å². The second-order valence-electron chi connectivity index (χ2n) is 8.26. The third kappa shape index (κ3) is 5.26. The number of nitrogens with zero attached hydrogens (tertiary/aromatic N) is 1. The van der Waals surface area contributed by atoms with E-state index >= 15 is 0 Å². The molecule has 2 aliphatic heterocycles. The number of carbonyl (C=O) groups is 2. The Kier molecular flexibility index (Phi) is 6.67. The molecule has 2 heterocycles. The van der Waals surface area contributed by atoms with E-state index in [0.29, 0.717) is 5.56 Å². The Morgan fingerprint density at radius 2 is 1.74 bits per heavy atom. The first-order chi connectivity index (χ1) is 16.1. The molecule has 2 N–H and O–H groups in total. The Morgan fingerprint density at radius 3 is 2.41 bits per heavy atom. The first kappa shape index (κ1) is 23.8. The van der Waals surface area contributed by atoms with Gasteiger partial charge in [-0.3, -0.25) is 10.1 Å². The first-order valence-electron chi connectivity index (χ1n) is 10.6. The Hall–Kier alpha value is -3.31. The molecule has 0 spiro atoms. The lowest BCUT2D eigenvalue weighted by atomic mass is 10.1. The van der Waals surface area contributed by atoms with Crippen LogP contribution in [0.15, 0.2) is 48.5 Å². The molecule has 0 bridgehead atoms. The van der Waals surface area contributed by atoms with E-state index in [2.05, 4.69) is 10.6 Å². The molecule has 2 fully saturated rings. The van der Waals surface area contributed by atoms with Gasteiger partial charge in [0.1, 0.15) is 12.2 Å². The van der Waals surface area contributed by atoms with Gasteiger partial charge in [0.15, 0.2) is 6.10 Å². The third-order valence-corrected chi connectivity index (χ3v) is 5.67. The predicted molar refractivity (Wildman–Crippen MR) is 117 cm³/mol. The van der Waals surface area contributed by atoms with Gasteiger partial charge >= 0.3 is 12.3 Å². The molecule has 0 radical (unpaired) electrons. The van der Waals surface area contributed by atoms with Gasteiger partial charge in [-0.25, -0.2) is 4.79 Å². The minimum Gasteiger partial charge on any atom is -0.441 e. The van der Waals surface area contributed by atoms with Crippen molar-refractivity contribution in [3.63, 3.8) is 0 Å². The van der Waals surface area contributed by atoms with Gasteiger partial charge in [0.2, 0.25) is 0 Å². The highest BCUT2D eigenvalue weighted by Gasteiger charge is 2.50. The average molecular weight is 479 g/mol. The third-order valence-electron chi connectivity index (χ3n) is 5.67. The minimum absolute atomic E-state index is 0.0370. The average Bonchev–Trinajstić information content (AvgIpc) is 3.36. The van der Waals surface area contributed by atoms with Crippen molar-refractivity contribution in [3.05, 3.63) is 59.7 Å². The van der Waals surface area contributed by atoms with E-state index in [1.807, 2.05) is 31.1 Å². The van der Waals surface area contributed by atoms with Crippen LogP contribution < -0.4 is 15.5 Å². The van der Waals surface area contributed by atoms with Crippen LogP contribution in [0.3, 0.4) is 0 Å². The summed E-state index contributed by atoms with van der Waals surface area (Å²) in [7, 11) is 3.81. The summed E-state index contributed by atoms with van der Waals surface area (Å²) in [5.74, 6) is -0.283. The number of anilines is 2.